The van der Waals surface area contributed by atoms with Crippen molar-refractivity contribution in [2.75, 3.05) is 24.1 Å². The first kappa shape index (κ1) is 12.8. The van der Waals surface area contributed by atoms with E-state index in [9.17, 15) is 12.8 Å². The van der Waals surface area contributed by atoms with E-state index in [2.05, 4.69) is 15.0 Å². The summed E-state index contributed by atoms with van der Waals surface area (Å²) in [6, 6.07) is 4.35. The summed E-state index contributed by atoms with van der Waals surface area (Å²) in [5.41, 5.74) is 0.768. The van der Waals surface area contributed by atoms with E-state index in [0.717, 1.165) is 30.7 Å². The summed E-state index contributed by atoms with van der Waals surface area (Å²) < 4.78 is 37.8. The zero-order valence-corrected chi connectivity index (χ0v) is 10.7. The molecule has 0 aliphatic carbocycles. The lowest BCUT2D eigenvalue weighted by atomic mass is 10.1. The van der Waals surface area contributed by atoms with Crippen molar-refractivity contribution in [3.8, 4) is 0 Å². The van der Waals surface area contributed by atoms with Crippen LogP contribution in [0.4, 0.5) is 10.1 Å². The van der Waals surface area contributed by atoms with Gasteiger partial charge in [-0.1, -0.05) is 6.07 Å². The topological polar surface area (TPSA) is 70.6 Å². The molecule has 0 spiro atoms. The molecule has 0 saturated heterocycles. The Morgan fingerprint density at radius 1 is 1.50 bits per heavy atom. The van der Waals surface area contributed by atoms with Crippen molar-refractivity contribution in [3.05, 3.63) is 29.6 Å². The number of halogens is 1. The fourth-order valence-electron chi connectivity index (χ4n) is 1.72. The van der Waals surface area contributed by atoms with Crippen LogP contribution < -0.4 is 10.0 Å². The Hall–Kier alpha value is -1.63. The van der Waals surface area contributed by atoms with Gasteiger partial charge in [0.25, 0.3) is 0 Å². The van der Waals surface area contributed by atoms with Crippen LogP contribution in [0.3, 0.4) is 0 Å². The van der Waals surface area contributed by atoms with Crippen LogP contribution in [0.1, 0.15) is 5.56 Å². The van der Waals surface area contributed by atoms with Gasteiger partial charge in [-0.3, -0.25) is 9.71 Å². The maximum atomic E-state index is 13.4. The third kappa shape index (κ3) is 3.43. The average Bonchev–Trinajstić information content (AvgIpc) is 2.74. The van der Waals surface area contributed by atoms with Crippen LogP contribution >= 0.6 is 0 Å². The predicted octanol–water partition coefficient (Wildman–Crippen LogP) is 0.741. The van der Waals surface area contributed by atoms with Gasteiger partial charge < -0.3 is 5.32 Å². The van der Waals surface area contributed by atoms with Crippen LogP contribution in [0.5, 0.6) is 0 Å². The summed E-state index contributed by atoms with van der Waals surface area (Å²) in [4.78, 5) is 4.23. The third-order valence-electron chi connectivity index (χ3n) is 2.44. The summed E-state index contributed by atoms with van der Waals surface area (Å²) in [7, 11) is -3.48. The van der Waals surface area contributed by atoms with Gasteiger partial charge in [0.15, 0.2) is 0 Å². The first-order valence-electron chi connectivity index (χ1n) is 5.47. The number of amidine groups is 1. The highest BCUT2D eigenvalue weighted by molar-refractivity contribution is 7.92. The van der Waals surface area contributed by atoms with E-state index in [1.165, 1.54) is 12.1 Å². The lowest BCUT2D eigenvalue weighted by molar-refractivity contribution is 0.603. The van der Waals surface area contributed by atoms with Crippen LogP contribution in [0.25, 0.3) is 0 Å². The van der Waals surface area contributed by atoms with Crippen molar-refractivity contribution in [2.24, 2.45) is 4.99 Å². The Bertz CT molecular complexity index is 584. The molecule has 1 aromatic rings. The highest BCUT2D eigenvalue weighted by atomic mass is 32.2. The van der Waals surface area contributed by atoms with Gasteiger partial charge >= 0.3 is 0 Å². The molecule has 0 saturated carbocycles. The lowest BCUT2D eigenvalue weighted by Gasteiger charge is -2.08. The molecule has 0 bridgehead atoms. The smallest absolute Gasteiger partial charge is 0.229 e. The monoisotopic (exact) mass is 271 g/mol. The number of anilines is 1. The van der Waals surface area contributed by atoms with Gasteiger partial charge in [-0.15, -0.1) is 0 Å². The molecule has 0 radical (unpaired) electrons. The normalized spacial score (nSPS) is 15.1. The molecule has 98 valence electrons. The van der Waals surface area contributed by atoms with Crippen molar-refractivity contribution < 1.29 is 12.8 Å². The number of hydrogen-bond donors (Lipinski definition) is 2. The summed E-state index contributed by atoms with van der Waals surface area (Å²) in [5.74, 6) is 0.248. The van der Waals surface area contributed by atoms with Gasteiger partial charge in [0.05, 0.1) is 18.5 Å². The second-order valence-electron chi connectivity index (χ2n) is 4.12. The molecule has 5 nitrogen and oxygen atoms in total. The number of rotatable bonds is 4. The average molecular weight is 271 g/mol. The first-order valence-corrected chi connectivity index (χ1v) is 7.36. The largest absolute Gasteiger partial charge is 0.372 e. The Morgan fingerprint density at radius 3 is 2.89 bits per heavy atom. The quantitative estimate of drug-likeness (QED) is 0.848. The minimum atomic E-state index is -3.48. The maximum absolute atomic E-state index is 13.4. The highest BCUT2D eigenvalue weighted by Gasteiger charge is 2.11. The van der Waals surface area contributed by atoms with E-state index in [4.69, 9.17) is 0 Å². The molecule has 7 heteroatoms. The highest BCUT2D eigenvalue weighted by Crippen LogP contribution is 2.18. The summed E-state index contributed by atoms with van der Waals surface area (Å²) in [6.07, 6.45) is 1.53. The van der Waals surface area contributed by atoms with E-state index in [1.54, 1.807) is 6.07 Å². The number of aliphatic imine (C=N–C) groups is 1. The Morgan fingerprint density at radius 2 is 2.28 bits per heavy atom. The number of hydrogen-bond acceptors (Lipinski definition) is 4. The van der Waals surface area contributed by atoms with Crippen molar-refractivity contribution in [1.29, 1.82) is 0 Å². The van der Waals surface area contributed by atoms with E-state index < -0.39 is 15.8 Å². The summed E-state index contributed by atoms with van der Waals surface area (Å²) in [6.45, 7) is 1.55. The van der Waals surface area contributed by atoms with E-state index in [1.807, 2.05) is 0 Å². The van der Waals surface area contributed by atoms with Crippen LogP contribution in [0.2, 0.25) is 0 Å². The SMILES string of the molecule is CS(=O)(=O)Nc1cc(CC2=NCCN2)ccc1F. The Balaban J connectivity index is 2.20. The molecule has 0 amide bonds. The Labute approximate surface area is 105 Å². The molecule has 0 aromatic heterocycles. The minimum absolute atomic E-state index is 0.0337. The molecule has 0 fully saturated rings. The van der Waals surface area contributed by atoms with E-state index >= 15 is 0 Å². The molecule has 1 aliphatic heterocycles. The van der Waals surface area contributed by atoms with E-state index in [0.29, 0.717) is 6.42 Å². The van der Waals surface area contributed by atoms with Crippen LogP contribution in [0, 0.1) is 5.82 Å². The van der Waals surface area contributed by atoms with Crippen LogP contribution in [-0.4, -0.2) is 33.6 Å². The summed E-state index contributed by atoms with van der Waals surface area (Å²) in [5, 5.41) is 3.10. The second-order valence-corrected chi connectivity index (χ2v) is 5.87. The van der Waals surface area contributed by atoms with Crippen molar-refractivity contribution in [2.45, 2.75) is 6.42 Å². The molecule has 2 N–H and O–H groups in total. The van der Waals surface area contributed by atoms with Gasteiger partial charge in [-0.25, -0.2) is 12.8 Å². The molecule has 1 aliphatic rings. The van der Waals surface area contributed by atoms with Gasteiger partial charge in [-0.2, -0.15) is 0 Å². The first-order chi connectivity index (χ1) is 8.44. The standard InChI is InChI=1S/C11H14FN3O2S/c1-18(16,17)15-10-6-8(2-3-9(10)12)7-11-13-4-5-14-11/h2-3,6,15H,4-5,7H2,1H3,(H,13,14). The number of benzene rings is 1. The zero-order valence-electron chi connectivity index (χ0n) is 9.90. The molecule has 1 aromatic carbocycles. The second kappa shape index (κ2) is 4.93. The molecule has 0 unspecified atom stereocenters. The van der Waals surface area contributed by atoms with Crippen molar-refractivity contribution >= 4 is 21.5 Å². The van der Waals surface area contributed by atoms with Gasteiger partial charge in [0, 0.05) is 13.0 Å². The summed E-state index contributed by atoms with van der Waals surface area (Å²) >= 11 is 0. The third-order valence-corrected chi connectivity index (χ3v) is 3.03. The molecular weight excluding hydrogens is 257 g/mol. The Kier molecular flexibility index (Phi) is 3.51. The molecular formula is C11H14FN3O2S. The number of sulfonamides is 1. The molecule has 2 rings (SSSR count). The van der Waals surface area contributed by atoms with Gasteiger partial charge in [0.2, 0.25) is 10.0 Å². The molecule has 1 heterocycles. The van der Waals surface area contributed by atoms with Gasteiger partial charge in [-0.05, 0) is 17.7 Å². The van der Waals surface area contributed by atoms with Crippen molar-refractivity contribution in [3.63, 3.8) is 0 Å². The molecule has 18 heavy (non-hydrogen) atoms. The van der Waals surface area contributed by atoms with Gasteiger partial charge in [0.1, 0.15) is 11.7 Å². The number of nitrogens with zero attached hydrogens (tertiary/aromatic N) is 1. The predicted molar refractivity (Wildman–Crippen MR) is 68.9 cm³/mol. The van der Waals surface area contributed by atoms with Crippen LogP contribution in [-0.2, 0) is 16.4 Å². The zero-order chi connectivity index (χ0) is 13.2. The lowest BCUT2D eigenvalue weighted by Crippen LogP contribution is -2.20. The minimum Gasteiger partial charge on any atom is -0.372 e. The maximum Gasteiger partial charge on any atom is 0.229 e. The fraction of sp³-hybridized carbons (Fsp3) is 0.364. The number of nitrogens with one attached hydrogen (secondary N) is 2. The fourth-order valence-corrected chi connectivity index (χ4v) is 2.27. The van der Waals surface area contributed by atoms with Crippen LogP contribution in [0.15, 0.2) is 23.2 Å². The van der Waals surface area contributed by atoms with E-state index in [-0.39, 0.29) is 5.69 Å². The molecule has 0 atom stereocenters. The van der Waals surface area contributed by atoms with Crippen molar-refractivity contribution in [1.82, 2.24) is 5.32 Å².